The molecule has 2 rings (SSSR count). The average molecular weight is 237 g/mol. The molecule has 0 spiro atoms. The van der Waals surface area contributed by atoms with Crippen molar-refractivity contribution in [3.8, 4) is 11.5 Å². The molecule has 0 fully saturated rings. The lowest BCUT2D eigenvalue weighted by Gasteiger charge is -1.97. The molecular weight excluding hydrogens is 222 g/mol. The molecule has 2 aromatic heterocycles. The second-order valence-corrected chi connectivity index (χ2v) is 4.25. The van der Waals surface area contributed by atoms with Gasteiger partial charge in [0.15, 0.2) is 0 Å². The molecule has 0 aliphatic rings. The zero-order valence-electron chi connectivity index (χ0n) is 9.27. The number of nitrogens with zero attached hydrogens (tertiary/aromatic N) is 2. The minimum Gasteiger partial charge on any atom is -0.421 e. The van der Waals surface area contributed by atoms with Gasteiger partial charge in [0.05, 0.1) is 0 Å². The second kappa shape index (κ2) is 5.77. The largest absolute Gasteiger partial charge is 0.421 e. The molecule has 0 saturated heterocycles. The highest BCUT2D eigenvalue weighted by molar-refractivity contribution is 7.08. The van der Waals surface area contributed by atoms with Gasteiger partial charge in [0.1, 0.15) is 0 Å². The van der Waals surface area contributed by atoms with E-state index in [1.54, 1.807) is 11.3 Å². The number of aromatic nitrogens is 2. The Morgan fingerprint density at radius 1 is 1.44 bits per heavy atom. The van der Waals surface area contributed by atoms with Crippen LogP contribution in [0.1, 0.15) is 19.2 Å². The fourth-order valence-electron chi connectivity index (χ4n) is 1.40. The SMILES string of the molecule is CCNCCCc1nnc(-c2ccsc2)o1. The van der Waals surface area contributed by atoms with E-state index in [1.165, 1.54) is 0 Å². The van der Waals surface area contributed by atoms with E-state index < -0.39 is 0 Å². The van der Waals surface area contributed by atoms with E-state index in [4.69, 9.17) is 4.42 Å². The zero-order valence-corrected chi connectivity index (χ0v) is 10.1. The van der Waals surface area contributed by atoms with Crippen LogP contribution in [0.2, 0.25) is 0 Å². The lowest BCUT2D eigenvalue weighted by atomic mass is 10.3. The van der Waals surface area contributed by atoms with Crippen molar-refractivity contribution in [1.29, 1.82) is 0 Å². The molecule has 0 aromatic carbocycles. The predicted octanol–water partition coefficient (Wildman–Crippen LogP) is 2.34. The van der Waals surface area contributed by atoms with Gasteiger partial charge in [-0.1, -0.05) is 6.92 Å². The lowest BCUT2D eigenvalue weighted by Crippen LogP contribution is -2.14. The van der Waals surface area contributed by atoms with E-state index in [0.717, 1.165) is 37.4 Å². The minimum atomic E-state index is 0.625. The zero-order chi connectivity index (χ0) is 11.2. The van der Waals surface area contributed by atoms with Crippen LogP contribution in [0, 0.1) is 0 Å². The van der Waals surface area contributed by atoms with Gasteiger partial charge in [-0.2, -0.15) is 11.3 Å². The van der Waals surface area contributed by atoms with E-state index in [9.17, 15) is 0 Å². The van der Waals surface area contributed by atoms with Crippen molar-refractivity contribution in [2.75, 3.05) is 13.1 Å². The van der Waals surface area contributed by atoms with Crippen molar-refractivity contribution in [3.63, 3.8) is 0 Å². The second-order valence-electron chi connectivity index (χ2n) is 3.47. The van der Waals surface area contributed by atoms with E-state index in [2.05, 4.69) is 22.4 Å². The molecule has 2 aromatic rings. The van der Waals surface area contributed by atoms with Gasteiger partial charge in [-0.25, -0.2) is 0 Å². The van der Waals surface area contributed by atoms with E-state index in [-0.39, 0.29) is 0 Å². The quantitative estimate of drug-likeness (QED) is 0.783. The molecule has 0 amide bonds. The maximum Gasteiger partial charge on any atom is 0.248 e. The monoisotopic (exact) mass is 237 g/mol. The normalized spacial score (nSPS) is 10.8. The van der Waals surface area contributed by atoms with Gasteiger partial charge in [0.25, 0.3) is 0 Å². The molecule has 0 unspecified atom stereocenters. The standard InChI is InChI=1S/C11H15N3OS/c1-2-12-6-3-4-10-13-14-11(15-10)9-5-7-16-8-9/h5,7-8,12H,2-4,6H2,1H3. The fraction of sp³-hybridized carbons (Fsp3) is 0.455. The third-order valence-electron chi connectivity index (χ3n) is 2.23. The Morgan fingerprint density at radius 2 is 2.38 bits per heavy atom. The summed E-state index contributed by atoms with van der Waals surface area (Å²) in [6.45, 7) is 4.10. The molecule has 0 bridgehead atoms. The Labute approximate surface area is 98.7 Å². The fourth-order valence-corrected chi connectivity index (χ4v) is 2.03. The summed E-state index contributed by atoms with van der Waals surface area (Å²) in [5.41, 5.74) is 1.01. The van der Waals surface area contributed by atoms with E-state index in [1.807, 2.05) is 16.8 Å². The maximum absolute atomic E-state index is 5.56. The van der Waals surface area contributed by atoms with Crippen molar-refractivity contribution in [2.24, 2.45) is 0 Å². The molecule has 0 aliphatic carbocycles. The third-order valence-corrected chi connectivity index (χ3v) is 2.91. The Balaban J connectivity index is 1.88. The number of nitrogens with one attached hydrogen (secondary N) is 1. The Bertz CT molecular complexity index is 411. The smallest absolute Gasteiger partial charge is 0.248 e. The summed E-state index contributed by atoms with van der Waals surface area (Å²) in [6.07, 6.45) is 1.86. The maximum atomic E-state index is 5.56. The van der Waals surface area contributed by atoms with Gasteiger partial charge in [0.2, 0.25) is 11.8 Å². The molecule has 0 radical (unpaired) electrons. The minimum absolute atomic E-state index is 0.625. The first kappa shape index (κ1) is 11.3. The molecule has 0 aliphatic heterocycles. The number of hydrogen-bond donors (Lipinski definition) is 1. The van der Waals surface area contributed by atoms with E-state index in [0.29, 0.717) is 5.89 Å². The summed E-state index contributed by atoms with van der Waals surface area (Å²) >= 11 is 1.63. The van der Waals surface area contributed by atoms with Crippen LogP contribution in [0.5, 0.6) is 0 Å². The van der Waals surface area contributed by atoms with Crippen LogP contribution in [-0.2, 0) is 6.42 Å². The number of hydrogen-bond acceptors (Lipinski definition) is 5. The van der Waals surface area contributed by atoms with Gasteiger partial charge < -0.3 is 9.73 Å². The Morgan fingerprint density at radius 3 is 3.12 bits per heavy atom. The van der Waals surface area contributed by atoms with Crippen LogP contribution in [0.15, 0.2) is 21.2 Å². The lowest BCUT2D eigenvalue weighted by molar-refractivity contribution is 0.492. The number of aryl methyl sites for hydroxylation is 1. The first-order chi connectivity index (χ1) is 7.90. The highest BCUT2D eigenvalue weighted by Gasteiger charge is 2.07. The van der Waals surface area contributed by atoms with Gasteiger partial charge in [-0.15, -0.1) is 10.2 Å². The third kappa shape index (κ3) is 2.90. The first-order valence-electron chi connectivity index (χ1n) is 5.46. The molecule has 16 heavy (non-hydrogen) atoms. The van der Waals surface area contributed by atoms with Crippen molar-refractivity contribution in [3.05, 3.63) is 22.7 Å². The van der Waals surface area contributed by atoms with Crippen LogP contribution in [0.3, 0.4) is 0 Å². The molecule has 2 heterocycles. The summed E-state index contributed by atoms with van der Waals surface area (Å²) in [5, 5.41) is 15.3. The van der Waals surface area contributed by atoms with Gasteiger partial charge in [-0.05, 0) is 31.0 Å². The molecule has 86 valence electrons. The topological polar surface area (TPSA) is 51.0 Å². The van der Waals surface area contributed by atoms with Crippen LogP contribution in [-0.4, -0.2) is 23.3 Å². The van der Waals surface area contributed by atoms with Crippen LogP contribution in [0.25, 0.3) is 11.5 Å². The van der Waals surface area contributed by atoms with Crippen LogP contribution >= 0.6 is 11.3 Å². The van der Waals surface area contributed by atoms with Gasteiger partial charge in [-0.3, -0.25) is 0 Å². The predicted molar refractivity (Wildman–Crippen MR) is 64.5 cm³/mol. The summed E-state index contributed by atoms with van der Waals surface area (Å²) < 4.78 is 5.56. The van der Waals surface area contributed by atoms with Gasteiger partial charge in [0, 0.05) is 17.4 Å². The van der Waals surface area contributed by atoms with E-state index >= 15 is 0 Å². The first-order valence-corrected chi connectivity index (χ1v) is 6.40. The average Bonchev–Trinajstić information content (AvgIpc) is 2.94. The summed E-state index contributed by atoms with van der Waals surface area (Å²) in [6, 6.07) is 1.99. The number of thiophene rings is 1. The van der Waals surface area contributed by atoms with Crippen molar-refractivity contribution in [1.82, 2.24) is 15.5 Å². The van der Waals surface area contributed by atoms with Gasteiger partial charge >= 0.3 is 0 Å². The summed E-state index contributed by atoms with van der Waals surface area (Å²) in [5.74, 6) is 1.35. The highest BCUT2D eigenvalue weighted by Crippen LogP contribution is 2.20. The van der Waals surface area contributed by atoms with Crippen molar-refractivity contribution < 1.29 is 4.42 Å². The van der Waals surface area contributed by atoms with Crippen LogP contribution in [0.4, 0.5) is 0 Å². The Hall–Kier alpha value is -1.20. The van der Waals surface area contributed by atoms with Crippen molar-refractivity contribution in [2.45, 2.75) is 19.8 Å². The number of rotatable bonds is 6. The molecule has 4 nitrogen and oxygen atoms in total. The summed E-state index contributed by atoms with van der Waals surface area (Å²) in [7, 11) is 0. The molecular formula is C11H15N3OS. The molecule has 1 N–H and O–H groups in total. The van der Waals surface area contributed by atoms with Crippen molar-refractivity contribution >= 4 is 11.3 Å². The molecule has 0 saturated carbocycles. The summed E-state index contributed by atoms with van der Waals surface area (Å²) in [4.78, 5) is 0. The Kier molecular flexibility index (Phi) is 4.07. The van der Waals surface area contributed by atoms with Crippen LogP contribution < -0.4 is 5.32 Å². The highest BCUT2D eigenvalue weighted by atomic mass is 32.1. The molecule has 0 atom stereocenters. The molecule has 5 heteroatoms.